The maximum absolute atomic E-state index is 12.2. The Balaban J connectivity index is 2.28. The minimum Gasteiger partial charge on any atom is -0.489 e. The zero-order valence-electron chi connectivity index (χ0n) is 10.5. The molecule has 0 aliphatic carbocycles. The van der Waals surface area contributed by atoms with Crippen molar-refractivity contribution < 1.29 is 14.1 Å². The molecule has 6 nitrogen and oxygen atoms in total. The number of hydrogen-bond acceptors (Lipinski definition) is 5. The molecule has 0 aliphatic heterocycles. The lowest BCUT2D eigenvalue weighted by molar-refractivity contribution is -0.384. The smallest absolute Gasteiger partial charge is 0.310 e. The highest BCUT2D eigenvalue weighted by atomic mass is 19.1. The molecular weight excluding hydrogens is 265 g/mol. The van der Waals surface area contributed by atoms with Gasteiger partial charge in [0, 0.05) is 6.20 Å². The Morgan fingerprint density at radius 3 is 2.85 bits per heavy atom. The summed E-state index contributed by atoms with van der Waals surface area (Å²) < 4.78 is 17.4. The van der Waals surface area contributed by atoms with Crippen LogP contribution in [0.2, 0.25) is 0 Å². The van der Waals surface area contributed by atoms with Crippen LogP contribution in [0.5, 0.6) is 5.75 Å². The van der Waals surface area contributed by atoms with Crippen molar-refractivity contribution in [2.24, 2.45) is 0 Å². The minimum atomic E-state index is -0.607. The summed E-state index contributed by atoms with van der Waals surface area (Å²) in [6, 6.07) is 8.32. The number of hydrogen-bond donors (Lipinski definition) is 1. The van der Waals surface area contributed by atoms with E-state index < -0.39 is 11.6 Å². The molecule has 1 aromatic heterocycles. The van der Waals surface area contributed by atoms with E-state index in [-0.39, 0.29) is 12.3 Å². The molecule has 7 heteroatoms. The van der Waals surface area contributed by atoms with Gasteiger partial charge in [0.25, 0.3) is 0 Å². The van der Waals surface area contributed by atoms with Crippen molar-refractivity contribution in [3.05, 3.63) is 52.8 Å². The van der Waals surface area contributed by atoms with Crippen molar-refractivity contribution in [2.45, 2.75) is 0 Å². The molecule has 104 valence electrons. The molecule has 1 heterocycles. The van der Waals surface area contributed by atoms with Gasteiger partial charge in [0.15, 0.2) is 0 Å². The van der Waals surface area contributed by atoms with Crippen LogP contribution in [0.3, 0.4) is 0 Å². The normalized spacial score (nSPS) is 10.1. The third-order valence-corrected chi connectivity index (χ3v) is 2.49. The molecule has 0 amide bonds. The van der Waals surface area contributed by atoms with Gasteiger partial charge in [-0.15, -0.1) is 0 Å². The average molecular weight is 277 g/mol. The summed E-state index contributed by atoms with van der Waals surface area (Å²) in [4.78, 5) is 14.1. The van der Waals surface area contributed by atoms with Crippen LogP contribution < -0.4 is 10.1 Å². The lowest BCUT2D eigenvalue weighted by Gasteiger charge is -2.12. The third-order valence-electron chi connectivity index (χ3n) is 2.49. The molecule has 0 atom stereocenters. The number of alkyl halides is 1. The fraction of sp³-hybridized carbons (Fsp3) is 0.154. The van der Waals surface area contributed by atoms with Gasteiger partial charge in [-0.1, -0.05) is 12.1 Å². The molecule has 2 aromatic rings. The van der Waals surface area contributed by atoms with Crippen LogP contribution in [0.1, 0.15) is 0 Å². The highest BCUT2D eigenvalue weighted by molar-refractivity contribution is 5.72. The van der Waals surface area contributed by atoms with E-state index in [1.807, 2.05) is 0 Å². The molecule has 0 saturated carbocycles. The molecule has 0 aliphatic rings. The van der Waals surface area contributed by atoms with Gasteiger partial charge in [0.2, 0.25) is 0 Å². The number of benzene rings is 1. The number of nitro groups is 1. The van der Waals surface area contributed by atoms with E-state index in [1.54, 1.807) is 24.3 Å². The molecule has 0 radical (unpaired) electrons. The molecule has 0 bridgehead atoms. The number of nitrogens with zero attached hydrogens (tertiary/aromatic N) is 2. The molecule has 0 spiro atoms. The van der Waals surface area contributed by atoms with Crippen LogP contribution >= 0.6 is 0 Å². The monoisotopic (exact) mass is 277 g/mol. The summed E-state index contributed by atoms with van der Waals surface area (Å²) in [5.41, 5.74) is 0.671. The lowest BCUT2D eigenvalue weighted by Crippen LogP contribution is -2.03. The number of para-hydroxylation sites is 2. The number of rotatable bonds is 6. The van der Waals surface area contributed by atoms with Gasteiger partial charge in [-0.2, -0.15) is 0 Å². The summed E-state index contributed by atoms with van der Waals surface area (Å²) in [5.74, 6) is 0.427. The second kappa shape index (κ2) is 6.46. The van der Waals surface area contributed by atoms with Gasteiger partial charge in [-0.25, -0.2) is 4.39 Å². The quantitative estimate of drug-likeness (QED) is 0.648. The van der Waals surface area contributed by atoms with Gasteiger partial charge in [0.05, 0.1) is 10.6 Å². The topological polar surface area (TPSA) is 77.3 Å². The lowest BCUT2D eigenvalue weighted by atomic mass is 10.2. The maximum Gasteiger partial charge on any atom is 0.310 e. The Bertz CT molecular complexity index is 607. The molecule has 0 fully saturated rings. The zero-order chi connectivity index (χ0) is 14.4. The van der Waals surface area contributed by atoms with E-state index in [1.165, 1.54) is 12.3 Å². The zero-order valence-corrected chi connectivity index (χ0v) is 10.5. The minimum absolute atomic E-state index is 0.0723. The number of nitrogens with one attached hydrogen (secondary N) is 1. The second-order valence-corrected chi connectivity index (χ2v) is 3.81. The van der Waals surface area contributed by atoms with Crippen LogP contribution in [-0.4, -0.2) is 23.2 Å². The molecule has 0 saturated heterocycles. The van der Waals surface area contributed by atoms with Crippen molar-refractivity contribution in [1.29, 1.82) is 0 Å². The van der Waals surface area contributed by atoms with E-state index in [9.17, 15) is 14.5 Å². The first kappa shape index (κ1) is 13.7. The molecule has 1 N–H and O–H groups in total. The summed E-state index contributed by atoms with van der Waals surface area (Å²) in [7, 11) is 0. The number of ether oxygens (including phenoxy) is 1. The Hall–Kier alpha value is -2.70. The van der Waals surface area contributed by atoms with E-state index in [0.29, 0.717) is 17.1 Å². The summed E-state index contributed by atoms with van der Waals surface area (Å²) in [5, 5.41) is 13.8. The molecule has 2 rings (SSSR count). The van der Waals surface area contributed by atoms with E-state index in [4.69, 9.17) is 4.74 Å². The third kappa shape index (κ3) is 3.19. The van der Waals surface area contributed by atoms with Crippen LogP contribution in [0.25, 0.3) is 0 Å². The largest absolute Gasteiger partial charge is 0.489 e. The molecule has 0 unspecified atom stereocenters. The highest BCUT2D eigenvalue weighted by Gasteiger charge is 2.14. The Labute approximate surface area is 114 Å². The maximum atomic E-state index is 12.2. The predicted molar refractivity (Wildman–Crippen MR) is 72.1 cm³/mol. The number of aromatic nitrogens is 1. The van der Waals surface area contributed by atoms with Gasteiger partial charge >= 0.3 is 5.69 Å². The van der Waals surface area contributed by atoms with Crippen LogP contribution in [0.4, 0.5) is 21.5 Å². The molecule has 20 heavy (non-hydrogen) atoms. The van der Waals surface area contributed by atoms with E-state index in [0.717, 1.165) is 6.20 Å². The number of pyridine rings is 1. The van der Waals surface area contributed by atoms with Crippen molar-refractivity contribution in [1.82, 2.24) is 4.98 Å². The number of anilines is 2. The summed E-state index contributed by atoms with van der Waals surface area (Å²) >= 11 is 0. The SMILES string of the molecule is O=[N+]([O-])c1cnccc1Nc1ccccc1OCCF. The second-order valence-electron chi connectivity index (χ2n) is 3.81. The van der Waals surface area contributed by atoms with Crippen LogP contribution in [-0.2, 0) is 0 Å². The Kier molecular flexibility index (Phi) is 4.43. The number of halogens is 1. The van der Waals surface area contributed by atoms with Gasteiger partial charge in [0.1, 0.15) is 30.9 Å². The summed E-state index contributed by atoms with van der Waals surface area (Å²) in [6.07, 6.45) is 2.60. The van der Waals surface area contributed by atoms with Gasteiger partial charge < -0.3 is 10.1 Å². The fourth-order valence-electron chi connectivity index (χ4n) is 1.63. The van der Waals surface area contributed by atoms with Crippen molar-refractivity contribution in [3.63, 3.8) is 0 Å². The Morgan fingerprint density at radius 1 is 1.30 bits per heavy atom. The van der Waals surface area contributed by atoms with Gasteiger partial charge in [-0.3, -0.25) is 15.1 Å². The first-order chi connectivity index (χ1) is 9.72. The first-order valence-electron chi connectivity index (χ1n) is 5.85. The first-order valence-corrected chi connectivity index (χ1v) is 5.85. The predicted octanol–water partition coefficient (Wildman–Crippen LogP) is 3.08. The highest BCUT2D eigenvalue weighted by Crippen LogP contribution is 2.31. The fourth-order valence-corrected chi connectivity index (χ4v) is 1.63. The Morgan fingerprint density at radius 2 is 2.10 bits per heavy atom. The molecule has 1 aromatic carbocycles. The van der Waals surface area contributed by atoms with Crippen molar-refractivity contribution in [2.75, 3.05) is 18.6 Å². The summed E-state index contributed by atoms with van der Waals surface area (Å²) in [6.45, 7) is -0.680. The van der Waals surface area contributed by atoms with E-state index >= 15 is 0 Å². The standard InChI is InChI=1S/C13H12FN3O3/c14-6-8-20-13-4-2-1-3-11(13)16-10-5-7-15-9-12(10)17(18)19/h1-5,7,9H,6,8H2,(H,15,16). The van der Waals surface area contributed by atoms with Crippen molar-refractivity contribution >= 4 is 17.1 Å². The van der Waals surface area contributed by atoms with E-state index in [2.05, 4.69) is 10.3 Å². The van der Waals surface area contributed by atoms with Crippen molar-refractivity contribution in [3.8, 4) is 5.75 Å². The van der Waals surface area contributed by atoms with Crippen LogP contribution in [0, 0.1) is 10.1 Å². The van der Waals surface area contributed by atoms with Crippen LogP contribution in [0.15, 0.2) is 42.7 Å². The van der Waals surface area contributed by atoms with Gasteiger partial charge in [-0.05, 0) is 18.2 Å². The molecular formula is C13H12FN3O3. The average Bonchev–Trinajstić information content (AvgIpc) is 2.47.